The van der Waals surface area contributed by atoms with Crippen molar-refractivity contribution in [2.45, 2.75) is 13.0 Å². The van der Waals surface area contributed by atoms with E-state index < -0.39 is 0 Å². The molecule has 35 heavy (non-hydrogen) atoms. The maximum atomic E-state index is 12.9. The van der Waals surface area contributed by atoms with Crippen LogP contribution in [0.2, 0.25) is 0 Å². The molecular weight excluding hydrogens is 442 g/mol. The Morgan fingerprint density at radius 1 is 1.03 bits per heavy atom. The van der Waals surface area contributed by atoms with Crippen LogP contribution in [-0.4, -0.2) is 61.1 Å². The molecule has 3 aliphatic rings. The van der Waals surface area contributed by atoms with Crippen LogP contribution in [-0.2, 0) is 9.53 Å². The lowest BCUT2D eigenvalue weighted by atomic mass is 9.78. The fourth-order valence-corrected chi connectivity index (χ4v) is 5.08. The van der Waals surface area contributed by atoms with E-state index in [0.29, 0.717) is 17.2 Å². The molecule has 8 heteroatoms. The van der Waals surface area contributed by atoms with E-state index in [4.69, 9.17) is 9.72 Å². The van der Waals surface area contributed by atoms with Gasteiger partial charge in [-0.15, -0.1) is 0 Å². The molecule has 6 rings (SSSR count). The highest BCUT2D eigenvalue weighted by Gasteiger charge is 2.50. The van der Waals surface area contributed by atoms with Gasteiger partial charge < -0.3 is 24.8 Å². The highest BCUT2D eigenvalue weighted by Crippen LogP contribution is 2.40. The van der Waals surface area contributed by atoms with Crippen molar-refractivity contribution in [1.82, 2.24) is 9.88 Å². The van der Waals surface area contributed by atoms with Gasteiger partial charge in [0.1, 0.15) is 11.9 Å². The summed E-state index contributed by atoms with van der Waals surface area (Å²) in [7, 11) is 1.78. The van der Waals surface area contributed by atoms with Crippen LogP contribution in [0.3, 0.4) is 0 Å². The van der Waals surface area contributed by atoms with E-state index in [1.54, 1.807) is 11.9 Å². The second kappa shape index (κ2) is 8.09. The number of benzene rings is 2. The lowest BCUT2D eigenvalue weighted by molar-refractivity contribution is -0.176. The summed E-state index contributed by atoms with van der Waals surface area (Å²) in [6.45, 7) is 4.97. The third-order valence-electron chi connectivity index (χ3n) is 7.11. The van der Waals surface area contributed by atoms with Crippen molar-refractivity contribution in [3.8, 4) is 0 Å². The summed E-state index contributed by atoms with van der Waals surface area (Å²) in [4.78, 5) is 36.0. The minimum absolute atomic E-state index is 0.0158. The van der Waals surface area contributed by atoms with Gasteiger partial charge >= 0.3 is 0 Å². The van der Waals surface area contributed by atoms with Crippen molar-refractivity contribution in [2.75, 3.05) is 48.5 Å². The van der Waals surface area contributed by atoms with E-state index >= 15 is 0 Å². The van der Waals surface area contributed by atoms with Gasteiger partial charge in [0.25, 0.3) is 5.91 Å². The summed E-state index contributed by atoms with van der Waals surface area (Å²) in [5, 5.41) is 3.34. The Balaban J connectivity index is 1.22. The first-order valence-corrected chi connectivity index (χ1v) is 11.8. The van der Waals surface area contributed by atoms with Gasteiger partial charge in [-0.05, 0) is 55.5 Å². The highest BCUT2D eigenvalue weighted by atomic mass is 16.5. The minimum atomic E-state index is -0.380. The fourth-order valence-electron chi connectivity index (χ4n) is 5.08. The molecule has 178 valence electrons. The molecule has 4 heterocycles. The number of hydrogen-bond acceptors (Lipinski definition) is 6. The van der Waals surface area contributed by atoms with Crippen molar-refractivity contribution in [1.29, 1.82) is 0 Å². The molecule has 1 spiro atoms. The predicted octanol–water partition coefficient (Wildman–Crippen LogP) is 3.80. The van der Waals surface area contributed by atoms with Gasteiger partial charge in [-0.1, -0.05) is 18.2 Å². The average Bonchev–Trinajstić information content (AvgIpc) is 2.82. The predicted molar refractivity (Wildman–Crippen MR) is 135 cm³/mol. The van der Waals surface area contributed by atoms with Gasteiger partial charge in [-0.3, -0.25) is 9.59 Å². The number of likely N-dealkylation sites (N-methyl/N-ethyl adjacent to an activating group) is 1. The number of nitrogens with one attached hydrogen (secondary N) is 1. The number of para-hydroxylation sites is 1. The summed E-state index contributed by atoms with van der Waals surface area (Å²) in [5.74, 6) is 1.45. The highest BCUT2D eigenvalue weighted by molar-refractivity contribution is 6.06. The average molecular weight is 470 g/mol. The summed E-state index contributed by atoms with van der Waals surface area (Å²) in [5.41, 5.74) is 3.39. The van der Waals surface area contributed by atoms with E-state index in [0.717, 1.165) is 43.4 Å². The summed E-state index contributed by atoms with van der Waals surface area (Å²) in [6, 6.07) is 20.7. The smallest absolute Gasteiger partial charge is 0.253 e. The molecule has 3 aromatic rings. The van der Waals surface area contributed by atoms with Gasteiger partial charge in [0, 0.05) is 37.1 Å². The zero-order chi connectivity index (χ0) is 24.2. The van der Waals surface area contributed by atoms with Crippen LogP contribution < -0.4 is 15.1 Å². The molecule has 2 aromatic carbocycles. The molecule has 2 saturated heterocycles. The Hall–Kier alpha value is -3.91. The number of carbonyl (C=O) groups excluding carboxylic acids is 2. The SMILES string of the molecule is C[C@@H]1C(=O)N(C)c2ccc(Nc3ccc(C(=O)N4CC5(COC5)C4)cc3)nc2N1c1ccccc1. The molecule has 0 aliphatic carbocycles. The Morgan fingerprint density at radius 2 is 1.74 bits per heavy atom. The first kappa shape index (κ1) is 21.6. The zero-order valence-electron chi connectivity index (χ0n) is 19.8. The van der Waals surface area contributed by atoms with Gasteiger partial charge in [0.05, 0.1) is 24.3 Å². The number of hydrogen-bond donors (Lipinski definition) is 1. The van der Waals surface area contributed by atoms with Gasteiger partial charge in [0.15, 0.2) is 5.82 Å². The molecule has 1 aromatic heterocycles. The third kappa shape index (κ3) is 3.61. The first-order chi connectivity index (χ1) is 16.9. The van der Waals surface area contributed by atoms with Crippen LogP contribution in [0.4, 0.5) is 28.7 Å². The van der Waals surface area contributed by atoms with Crippen LogP contribution >= 0.6 is 0 Å². The fraction of sp³-hybridized carbons (Fsp3) is 0.296. The number of rotatable bonds is 4. The topological polar surface area (TPSA) is 78.0 Å². The van der Waals surface area contributed by atoms with E-state index in [1.165, 1.54) is 0 Å². The number of pyridine rings is 1. The maximum absolute atomic E-state index is 12.9. The lowest BCUT2D eigenvalue weighted by Crippen LogP contribution is -2.67. The molecule has 2 amide bonds. The van der Waals surface area contributed by atoms with E-state index in [-0.39, 0.29) is 23.3 Å². The third-order valence-corrected chi connectivity index (χ3v) is 7.11. The summed E-state index contributed by atoms with van der Waals surface area (Å²) in [6.07, 6.45) is 0. The van der Waals surface area contributed by atoms with Gasteiger partial charge in [-0.25, -0.2) is 4.98 Å². The molecule has 0 unspecified atom stereocenters. The molecule has 0 radical (unpaired) electrons. The molecule has 0 bridgehead atoms. The minimum Gasteiger partial charge on any atom is -0.380 e. The van der Waals surface area contributed by atoms with Crippen molar-refractivity contribution < 1.29 is 14.3 Å². The first-order valence-electron chi connectivity index (χ1n) is 11.8. The largest absolute Gasteiger partial charge is 0.380 e. The molecule has 1 atom stereocenters. The molecule has 3 aliphatic heterocycles. The van der Waals surface area contributed by atoms with Crippen molar-refractivity contribution in [2.24, 2.45) is 5.41 Å². The Labute approximate surface area is 204 Å². The number of carbonyl (C=O) groups is 2. The van der Waals surface area contributed by atoms with E-state index in [1.807, 2.05) is 83.5 Å². The van der Waals surface area contributed by atoms with Crippen LogP contribution in [0.1, 0.15) is 17.3 Å². The molecule has 0 saturated carbocycles. The monoisotopic (exact) mass is 469 g/mol. The Kier molecular flexibility index (Phi) is 5.00. The van der Waals surface area contributed by atoms with Crippen molar-refractivity contribution >= 4 is 40.5 Å². The van der Waals surface area contributed by atoms with Crippen molar-refractivity contribution in [3.05, 3.63) is 72.3 Å². The number of aromatic nitrogens is 1. The van der Waals surface area contributed by atoms with Crippen LogP contribution in [0.5, 0.6) is 0 Å². The van der Waals surface area contributed by atoms with Crippen LogP contribution in [0.15, 0.2) is 66.7 Å². The second-order valence-electron chi connectivity index (χ2n) is 9.67. The van der Waals surface area contributed by atoms with E-state index in [2.05, 4.69) is 5.32 Å². The second-order valence-corrected chi connectivity index (χ2v) is 9.67. The standard InChI is InChI=1S/C27H27N5O3/c1-18-25(33)30(2)22-12-13-23(29-24(22)32(18)21-6-4-3-5-7-21)28-20-10-8-19(9-11-20)26(34)31-14-27(15-31)16-35-17-27/h3-13,18H,14-17H2,1-2H3,(H,28,29)/t18-/m1/s1. The number of anilines is 5. The van der Waals surface area contributed by atoms with Crippen LogP contribution in [0.25, 0.3) is 0 Å². The number of nitrogens with zero attached hydrogens (tertiary/aromatic N) is 4. The maximum Gasteiger partial charge on any atom is 0.253 e. The molecule has 1 N–H and O–H groups in total. The molecule has 8 nitrogen and oxygen atoms in total. The van der Waals surface area contributed by atoms with Crippen LogP contribution in [0, 0.1) is 5.41 Å². The Bertz CT molecular complexity index is 1280. The number of fused-ring (bicyclic) bond motifs is 1. The quantitative estimate of drug-likeness (QED) is 0.626. The lowest BCUT2D eigenvalue weighted by Gasteiger charge is -2.54. The normalized spacial score (nSPS) is 20.2. The molecular formula is C27H27N5O3. The van der Waals surface area contributed by atoms with Crippen molar-refractivity contribution in [3.63, 3.8) is 0 Å². The molecule has 2 fully saturated rings. The Morgan fingerprint density at radius 3 is 2.40 bits per heavy atom. The van der Waals surface area contributed by atoms with E-state index in [9.17, 15) is 9.59 Å². The number of likely N-dealkylation sites (tertiary alicyclic amines) is 1. The zero-order valence-corrected chi connectivity index (χ0v) is 19.8. The summed E-state index contributed by atoms with van der Waals surface area (Å²) >= 11 is 0. The summed E-state index contributed by atoms with van der Waals surface area (Å²) < 4.78 is 5.30. The number of ether oxygens (including phenoxy) is 1. The van der Waals surface area contributed by atoms with Gasteiger partial charge in [-0.2, -0.15) is 0 Å². The number of amides is 2. The van der Waals surface area contributed by atoms with Gasteiger partial charge in [0.2, 0.25) is 5.91 Å².